The van der Waals surface area contributed by atoms with E-state index in [9.17, 15) is 8.42 Å². The van der Waals surface area contributed by atoms with Gasteiger partial charge in [-0.3, -0.25) is 0 Å². The number of anilines is 1. The van der Waals surface area contributed by atoms with Crippen molar-refractivity contribution >= 4 is 38.9 Å². The number of halogens is 2. The standard InChI is InChI=1S/C9H10Cl2N2O2S/c10-6-3-4-7(8(11)9(6)12)16(14,15)13-5-1-2-5/h3-5,13H,1-2,12H2. The zero-order valence-electron chi connectivity index (χ0n) is 8.20. The van der Waals surface area contributed by atoms with E-state index in [1.807, 2.05) is 0 Å². The van der Waals surface area contributed by atoms with Crippen molar-refractivity contribution in [2.75, 3.05) is 5.73 Å². The van der Waals surface area contributed by atoms with Gasteiger partial charge < -0.3 is 5.73 Å². The Morgan fingerprint density at radius 2 is 1.94 bits per heavy atom. The summed E-state index contributed by atoms with van der Waals surface area (Å²) in [5, 5.41) is 0.219. The number of sulfonamides is 1. The average molecular weight is 281 g/mol. The number of nitrogen functional groups attached to an aromatic ring is 1. The number of benzene rings is 1. The Kier molecular flexibility index (Phi) is 3.05. The fraction of sp³-hybridized carbons (Fsp3) is 0.333. The molecule has 1 aliphatic rings. The van der Waals surface area contributed by atoms with E-state index in [0.717, 1.165) is 12.8 Å². The van der Waals surface area contributed by atoms with Crippen molar-refractivity contribution in [1.82, 2.24) is 4.72 Å². The van der Waals surface area contributed by atoms with Gasteiger partial charge in [-0.05, 0) is 25.0 Å². The van der Waals surface area contributed by atoms with E-state index in [4.69, 9.17) is 28.9 Å². The third kappa shape index (κ3) is 2.27. The Bertz CT molecular complexity index is 527. The predicted octanol–water partition coefficient (Wildman–Crippen LogP) is 2.02. The highest BCUT2D eigenvalue weighted by Gasteiger charge is 2.29. The molecule has 7 heteroatoms. The third-order valence-electron chi connectivity index (χ3n) is 2.28. The first-order chi connectivity index (χ1) is 7.42. The average Bonchev–Trinajstić information content (AvgIpc) is 2.97. The maximum atomic E-state index is 11.9. The van der Waals surface area contributed by atoms with Crippen molar-refractivity contribution in [3.63, 3.8) is 0 Å². The van der Waals surface area contributed by atoms with Gasteiger partial charge in [0, 0.05) is 6.04 Å². The largest absolute Gasteiger partial charge is 0.396 e. The smallest absolute Gasteiger partial charge is 0.242 e. The molecule has 0 radical (unpaired) electrons. The molecular weight excluding hydrogens is 271 g/mol. The summed E-state index contributed by atoms with van der Waals surface area (Å²) in [4.78, 5) is -0.0250. The molecule has 0 atom stereocenters. The van der Waals surface area contributed by atoms with Crippen LogP contribution < -0.4 is 10.5 Å². The van der Waals surface area contributed by atoms with Crippen LogP contribution in [0.5, 0.6) is 0 Å². The second-order valence-corrected chi connectivity index (χ2v) is 6.14. The molecule has 0 unspecified atom stereocenters. The van der Waals surface area contributed by atoms with Crippen molar-refractivity contribution in [1.29, 1.82) is 0 Å². The van der Waals surface area contributed by atoms with Gasteiger partial charge in [-0.15, -0.1) is 0 Å². The maximum absolute atomic E-state index is 11.9. The van der Waals surface area contributed by atoms with Crippen LogP contribution in [0.4, 0.5) is 5.69 Å². The highest BCUT2D eigenvalue weighted by molar-refractivity contribution is 7.89. The molecule has 0 aromatic heterocycles. The van der Waals surface area contributed by atoms with Crippen LogP contribution in [0.25, 0.3) is 0 Å². The van der Waals surface area contributed by atoms with Gasteiger partial charge in [0.1, 0.15) is 4.90 Å². The lowest BCUT2D eigenvalue weighted by Crippen LogP contribution is -2.26. The lowest BCUT2D eigenvalue weighted by atomic mass is 10.3. The minimum Gasteiger partial charge on any atom is -0.396 e. The van der Waals surface area contributed by atoms with Crippen molar-refractivity contribution in [3.8, 4) is 0 Å². The van der Waals surface area contributed by atoms with Gasteiger partial charge in [0.15, 0.2) is 0 Å². The molecule has 0 amide bonds. The quantitative estimate of drug-likeness (QED) is 0.832. The van der Waals surface area contributed by atoms with E-state index >= 15 is 0 Å². The molecule has 16 heavy (non-hydrogen) atoms. The summed E-state index contributed by atoms with van der Waals surface area (Å²) in [6, 6.07) is 2.80. The molecule has 88 valence electrons. The Morgan fingerprint density at radius 1 is 1.31 bits per heavy atom. The molecule has 2 rings (SSSR count). The molecule has 1 fully saturated rings. The number of hydrogen-bond donors (Lipinski definition) is 2. The second-order valence-electron chi connectivity index (χ2n) is 3.67. The molecule has 0 heterocycles. The fourth-order valence-electron chi connectivity index (χ4n) is 1.24. The molecule has 0 spiro atoms. The van der Waals surface area contributed by atoms with E-state index in [1.54, 1.807) is 0 Å². The van der Waals surface area contributed by atoms with Gasteiger partial charge in [-0.25, -0.2) is 13.1 Å². The first kappa shape index (κ1) is 12.0. The van der Waals surface area contributed by atoms with Crippen molar-refractivity contribution < 1.29 is 8.42 Å². The summed E-state index contributed by atoms with van der Waals surface area (Å²) in [6.07, 6.45) is 1.72. The Balaban J connectivity index is 2.43. The van der Waals surface area contributed by atoms with E-state index in [-0.39, 0.29) is 26.7 Å². The molecule has 0 aliphatic heterocycles. The molecule has 1 saturated carbocycles. The zero-order chi connectivity index (χ0) is 11.9. The highest BCUT2D eigenvalue weighted by atomic mass is 35.5. The fourth-order valence-corrected chi connectivity index (χ4v) is 3.31. The van der Waals surface area contributed by atoms with Crippen LogP contribution in [0.15, 0.2) is 17.0 Å². The number of nitrogens with two attached hydrogens (primary N) is 1. The molecule has 4 nitrogen and oxygen atoms in total. The first-order valence-corrected chi connectivity index (χ1v) is 6.91. The summed E-state index contributed by atoms with van der Waals surface area (Å²) in [6.45, 7) is 0. The predicted molar refractivity (Wildman–Crippen MR) is 64.2 cm³/mol. The van der Waals surface area contributed by atoms with Gasteiger partial charge in [-0.1, -0.05) is 23.2 Å². The molecule has 1 aromatic rings. The topological polar surface area (TPSA) is 72.2 Å². The van der Waals surface area contributed by atoms with Crippen molar-refractivity contribution in [3.05, 3.63) is 22.2 Å². The Hall–Kier alpha value is -0.490. The van der Waals surface area contributed by atoms with Crippen LogP contribution in [0.2, 0.25) is 10.0 Å². The van der Waals surface area contributed by atoms with Gasteiger partial charge in [0.05, 0.1) is 15.7 Å². The van der Waals surface area contributed by atoms with E-state index < -0.39 is 10.0 Å². The van der Waals surface area contributed by atoms with Gasteiger partial charge in [0.25, 0.3) is 0 Å². The van der Waals surface area contributed by atoms with Crippen LogP contribution in [-0.4, -0.2) is 14.5 Å². The first-order valence-electron chi connectivity index (χ1n) is 4.67. The van der Waals surface area contributed by atoms with Crippen molar-refractivity contribution in [2.45, 2.75) is 23.8 Å². The molecule has 0 saturated heterocycles. The minimum absolute atomic E-state index is 0.0250. The van der Waals surface area contributed by atoms with Gasteiger partial charge in [-0.2, -0.15) is 0 Å². The van der Waals surface area contributed by atoms with Crippen LogP contribution in [-0.2, 0) is 10.0 Å². The number of nitrogens with one attached hydrogen (secondary N) is 1. The summed E-state index contributed by atoms with van der Waals surface area (Å²) in [5.74, 6) is 0. The zero-order valence-corrected chi connectivity index (χ0v) is 10.5. The lowest BCUT2D eigenvalue weighted by molar-refractivity contribution is 0.581. The third-order valence-corrected chi connectivity index (χ3v) is 4.69. The number of hydrogen-bond acceptors (Lipinski definition) is 3. The Morgan fingerprint density at radius 3 is 2.50 bits per heavy atom. The maximum Gasteiger partial charge on any atom is 0.242 e. The SMILES string of the molecule is Nc1c(Cl)ccc(S(=O)(=O)NC2CC2)c1Cl. The molecule has 1 aromatic carbocycles. The molecule has 3 N–H and O–H groups in total. The van der Waals surface area contributed by atoms with Crippen LogP contribution >= 0.6 is 23.2 Å². The molecule has 0 bridgehead atoms. The summed E-state index contributed by atoms with van der Waals surface area (Å²) in [7, 11) is -3.59. The summed E-state index contributed by atoms with van der Waals surface area (Å²) in [5.41, 5.74) is 5.65. The molecular formula is C9H10Cl2N2O2S. The lowest BCUT2D eigenvalue weighted by Gasteiger charge is -2.09. The highest BCUT2D eigenvalue weighted by Crippen LogP contribution is 2.34. The normalized spacial score (nSPS) is 16.4. The minimum atomic E-state index is -3.59. The van der Waals surface area contributed by atoms with Gasteiger partial charge in [0.2, 0.25) is 10.0 Å². The van der Waals surface area contributed by atoms with Crippen molar-refractivity contribution in [2.24, 2.45) is 0 Å². The van der Waals surface area contributed by atoms with E-state index in [0.29, 0.717) is 0 Å². The summed E-state index contributed by atoms with van der Waals surface area (Å²) < 4.78 is 26.3. The second kappa shape index (κ2) is 4.07. The van der Waals surface area contributed by atoms with Crippen LogP contribution in [0.1, 0.15) is 12.8 Å². The monoisotopic (exact) mass is 280 g/mol. The van der Waals surface area contributed by atoms with Crippen LogP contribution in [0.3, 0.4) is 0 Å². The molecule has 1 aliphatic carbocycles. The number of rotatable bonds is 3. The summed E-state index contributed by atoms with van der Waals surface area (Å²) >= 11 is 11.6. The Labute approximate surface area is 104 Å². The van der Waals surface area contributed by atoms with E-state index in [2.05, 4.69) is 4.72 Å². The van der Waals surface area contributed by atoms with Crippen LogP contribution in [0, 0.1) is 0 Å². The van der Waals surface area contributed by atoms with Gasteiger partial charge >= 0.3 is 0 Å². The van der Waals surface area contributed by atoms with E-state index in [1.165, 1.54) is 12.1 Å².